The van der Waals surface area contributed by atoms with Crippen molar-refractivity contribution >= 4 is 43.5 Å². The third-order valence-corrected chi connectivity index (χ3v) is 4.48. The number of hydrogen-bond donors (Lipinski definition) is 1. The lowest BCUT2D eigenvalue weighted by atomic mass is 10.00. The summed E-state index contributed by atoms with van der Waals surface area (Å²) in [4.78, 5) is 0. The van der Waals surface area contributed by atoms with Gasteiger partial charge in [0.1, 0.15) is 5.82 Å². The van der Waals surface area contributed by atoms with Crippen LogP contribution in [-0.4, -0.2) is 0 Å². The van der Waals surface area contributed by atoms with Crippen molar-refractivity contribution in [2.45, 2.75) is 12.5 Å². The van der Waals surface area contributed by atoms with E-state index in [1.807, 2.05) is 12.1 Å². The highest BCUT2D eigenvalue weighted by atomic mass is 79.9. The largest absolute Gasteiger partial charge is 0.324 e. The Bertz CT molecular complexity index is 604. The van der Waals surface area contributed by atoms with Crippen LogP contribution in [-0.2, 0) is 6.42 Å². The van der Waals surface area contributed by atoms with Gasteiger partial charge in [-0.1, -0.05) is 55.6 Å². The average Bonchev–Trinajstić information content (AvgIpc) is 2.32. The van der Waals surface area contributed by atoms with E-state index in [-0.39, 0.29) is 11.9 Å². The van der Waals surface area contributed by atoms with Crippen LogP contribution in [0.5, 0.6) is 0 Å². The van der Waals surface area contributed by atoms with E-state index < -0.39 is 0 Å². The molecule has 1 nitrogen and oxygen atoms in total. The molecule has 0 aromatic heterocycles. The van der Waals surface area contributed by atoms with Gasteiger partial charge in [0, 0.05) is 20.0 Å². The second-order valence-corrected chi connectivity index (χ2v) is 6.36. The minimum Gasteiger partial charge on any atom is -0.324 e. The highest BCUT2D eigenvalue weighted by Gasteiger charge is 2.13. The molecule has 0 spiro atoms. The summed E-state index contributed by atoms with van der Waals surface area (Å²) in [6.45, 7) is 0. The van der Waals surface area contributed by atoms with Crippen LogP contribution >= 0.6 is 43.5 Å². The van der Waals surface area contributed by atoms with Crippen LogP contribution in [0.4, 0.5) is 4.39 Å². The molecule has 0 fully saturated rings. The first-order valence-corrected chi connectivity index (χ1v) is 7.58. The lowest BCUT2D eigenvalue weighted by Gasteiger charge is -2.15. The van der Waals surface area contributed by atoms with E-state index in [2.05, 4.69) is 31.9 Å². The predicted molar refractivity (Wildman–Crippen MR) is 83.9 cm³/mol. The summed E-state index contributed by atoms with van der Waals surface area (Å²) >= 11 is 12.7. The van der Waals surface area contributed by atoms with Crippen LogP contribution in [0, 0.1) is 5.82 Å². The molecule has 0 aliphatic rings. The van der Waals surface area contributed by atoms with Crippen molar-refractivity contribution in [2.24, 2.45) is 5.73 Å². The van der Waals surface area contributed by atoms with Gasteiger partial charge in [0.15, 0.2) is 0 Å². The molecule has 2 aromatic rings. The van der Waals surface area contributed by atoms with Crippen LogP contribution in [0.3, 0.4) is 0 Å². The minimum absolute atomic E-state index is 0.187. The Balaban J connectivity index is 2.23. The maximum Gasteiger partial charge on any atom is 0.124 e. The van der Waals surface area contributed by atoms with Gasteiger partial charge in [0.2, 0.25) is 0 Å². The lowest BCUT2D eigenvalue weighted by Crippen LogP contribution is -2.14. The van der Waals surface area contributed by atoms with Crippen molar-refractivity contribution < 1.29 is 4.39 Å². The maximum absolute atomic E-state index is 13.0. The molecule has 2 rings (SSSR count). The molecule has 0 saturated heterocycles. The molecule has 1 unspecified atom stereocenters. The standard InChI is InChI=1S/C14H11Br2ClFN/c15-12-7-10(18)3-1-8(12)5-14(19)11-4-2-9(17)6-13(11)16/h1-4,6-7,14H,5,19H2. The molecule has 0 aliphatic carbocycles. The van der Waals surface area contributed by atoms with Gasteiger partial charge in [0.05, 0.1) is 0 Å². The fraction of sp³-hybridized carbons (Fsp3) is 0.143. The first-order valence-electron chi connectivity index (χ1n) is 5.62. The minimum atomic E-state index is -0.267. The van der Waals surface area contributed by atoms with Crippen molar-refractivity contribution in [1.82, 2.24) is 0 Å². The van der Waals surface area contributed by atoms with Gasteiger partial charge in [-0.05, 0) is 41.8 Å². The summed E-state index contributed by atoms with van der Waals surface area (Å²) < 4.78 is 14.6. The van der Waals surface area contributed by atoms with E-state index in [1.165, 1.54) is 12.1 Å². The van der Waals surface area contributed by atoms with E-state index in [4.69, 9.17) is 17.3 Å². The van der Waals surface area contributed by atoms with Crippen molar-refractivity contribution in [2.75, 3.05) is 0 Å². The molecule has 0 saturated carbocycles. The van der Waals surface area contributed by atoms with E-state index >= 15 is 0 Å². The van der Waals surface area contributed by atoms with E-state index in [0.717, 1.165) is 20.1 Å². The topological polar surface area (TPSA) is 26.0 Å². The number of benzene rings is 2. The van der Waals surface area contributed by atoms with Crippen LogP contribution < -0.4 is 5.73 Å². The Morgan fingerprint density at radius 3 is 2.47 bits per heavy atom. The molecular formula is C14H11Br2ClFN. The Morgan fingerprint density at radius 1 is 1.11 bits per heavy atom. The fourth-order valence-electron chi connectivity index (χ4n) is 1.84. The normalized spacial score (nSPS) is 12.5. The van der Waals surface area contributed by atoms with Crippen molar-refractivity contribution in [1.29, 1.82) is 0 Å². The molecule has 0 bridgehead atoms. The van der Waals surface area contributed by atoms with Crippen LogP contribution in [0.1, 0.15) is 17.2 Å². The van der Waals surface area contributed by atoms with Crippen LogP contribution in [0.15, 0.2) is 45.3 Å². The SMILES string of the molecule is NC(Cc1ccc(F)cc1Br)c1ccc(Cl)cc1Br. The molecule has 5 heteroatoms. The van der Waals surface area contributed by atoms with Gasteiger partial charge >= 0.3 is 0 Å². The zero-order valence-electron chi connectivity index (χ0n) is 9.84. The second-order valence-electron chi connectivity index (χ2n) is 4.21. The van der Waals surface area contributed by atoms with Crippen molar-refractivity contribution in [3.05, 3.63) is 67.3 Å². The molecule has 0 heterocycles. The van der Waals surface area contributed by atoms with Gasteiger partial charge in [-0.2, -0.15) is 0 Å². The van der Waals surface area contributed by atoms with Gasteiger partial charge in [-0.3, -0.25) is 0 Å². The van der Waals surface area contributed by atoms with E-state index in [1.54, 1.807) is 12.1 Å². The Hall–Kier alpha value is -0.420. The summed E-state index contributed by atoms with van der Waals surface area (Å²) in [6, 6.07) is 9.95. The van der Waals surface area contributed by atoms with Crippen LogP contribution in [0.2, 0.25) is 5.02 Å². The Morgan fingerprint density at radius 2 is 1.84 bits per heavy atom. The van der Waals surface area contributed by atoms with Crippen molar-refractivity contribution in [3.8, 4) is 0 Å². The molecule has 1 atom stereocenters. The van der Waals surface area contributed by atoms with Crippen molar-refractivity contribution in [3.63, 3.8) is 0 Å². The fourth-order valence-corrected chi connectivity index (χ4v) is 3.33. The lowest BCUT2D eigenvalue weighted by molar-refractivity contribution is 0.624. The third kappa shape index (κ3) is 3.78. The quantitative estimate of drug-likeness (QED) is 0.739. The summed E-state index contributed by atoms with van der Waals surface area (Å²) in [7, 11) is 0. The number of nitrogens with two attached hydrogens (primary N) is 1. The van der Waals surface area contributed by atoms with Gasteiger partial charge < -0.3 is 5.73 Å². The summed E-state index contributed by atoms with van der Waals surface area (Å²) in [5.41, 5.74) is 8.14. The number of halogens is 4. The molecule has 0 amide bonds. The summed E-state index contributed by atoms with van der Waals surface area (Å²) in [5.74, 6) is -0.267. The first-order chi connectivity index (χ1) is 8.97. The zero-order valence-corrected chi connectivity index (χ0v) is 13.8. The first kappa shape index (κ1) is 15.0. The third-order valence-electron chi connectivity index (χ3n) is 2.82. The Labute approximate surface area is 133 Å². The number of hydrogen-bond acceptors (Lipinski definition) is 1. The highest BCUT2D eigenvalue weighted by molar-refractivity contribution is 9.10. The van der Waals surface area contributed by atoms with Crippen LogP contribution in [0.25, 0.3) is 0 Å². The van der Waals surface area contributed by atoms with E-state index in [0.29, 0.717) is 11.4 Å². The second kappa shape index (κ2) is 6.35. The monoisotopic (exact) mass is 405 g/mol. The van der Waals surface area contributed by atoms with Gasteiger partial charge in [-0.15, -0.1) is 0 Å². The molecule has 19 heavy (non-hydrogen) atoms. The molecule has 100 valence electrons. The summed E-state index contributed by atoms with van der Waals surface area (Å²) in [6.07, 6.45) is 0.612. The predicted octanol–water partition coefficient (Wildman–Crippen LogP) is 5.25. The molecular weight excluding hydrogens is 396 g/mol. The smallest absolute Gasteiger partial charge is 0.124 e. The molecule has 0 aliphatic heterocycles. The average molecular weight is 408 g/mol. The van der Waals surface area contributed by atoms with Gasteiger partial charge in [-0.25, -0.2) is 4.39 Å². The molecule has 0 radical (unpaired) electrons. The summed E-state index contributed by atoms with van der Waals surface area (Å²) in [5, 5.41) is 0.658. The van der Waals surface area contributed by atoms with Gasteiger partial charge in [0.25, 0.3) is 0 Å². The Kier molecular flexibility index (Phi) is 5.01. The van der Waals surface area contributed by atoms with E-state index in [9.17, 15) is 4.39 Å². The zero-order chi connectivity index (χ0) is 14.0. The number of rotatable bonds is 3. The maximum atomic E-state index is 13.0. The highest BCUT2D eigenvalue weighted by Crippen LogP contribution is 2.29. The molecule has 2 N–H and O–H groups in total. The molecule has 2 aromatic carbocycles.